The predicted molar refractivity (Wildman–Crippen MR) is 105 cm³/mol. The second-order valence-electron chi connectivity index (χ2n) is 6.24. The van der Waals surface area contributed by atoms with Gasteiger partial charge in [0.1, 0.15) is 0 Å². The molecule has 0 aliphatic heterocycles. The third-order valence-corrected chi connectivity index (χ3v) is 6.69. The van der Waals surface area contributed by atoms with Crippen LogP contribution in [0.5, 0.6) is 0 Å². The summed E-state index contributed by atoms with van der Waals surface area (Å²) in [5.41, 5.74) is 4.42. The quantitative estimate of drug-likeness (QED) is 0.701. The van der Waals surface area contributed by atoms with Crippen LogP contribution in [0, 0.1) is 20.8 Å². The van der Waals surface area contributed by atoms with Gasteiger partial charge in [-0.05, 0) is 44.0 Å². The number of thiazole rings is 1. The topological polar surface area (TPSA) is 72.0 Å². The molecule has 1 N–H and O–H groups in total. The minimum absolute atomic E-state index is 0.315. The zero-order valence-electron chi connectivity index (χ0n) is 15.0. The molecule has 0 saturated heterocycles. The van der Waals surface area contributed by atoms with Gasteiger partial charge in [-0.3, -0.25) is 4.98 Å². The van der Waals surface area contributed by atoms with Crippen molar-refractivity contribution in [3.05, 3.63) is 63.7 Å². The van der Waals surface area contributed by atoms with Gasteiger partial charge in [0.05, 0.1) is 15.6 Å². The fourth-order valence-electron chi connectivity index (χ4n) is 3.03. The molecule has 0 radical (unpaired) electrons. The zero-order chi connectivity index (χ0) is 18.7. The molecule has 0 amide bonds. The smallest absolute Gasteiger partial charge is 0.241 e. The summed E-state index contributed by atoms with van der Waals surface area (Å²) < 4.78 is 28.0. The molecule has 2 aromatic heterocycles. The summed E-state index contributed by atoms with van der Waals surface area (Å²) >= 11 is 1.53. The number of aryl methyl sites for hydroxylation is 3. The summed E-state index contributed by atoms with van der Waals surface area (Å²) in [6.07, 6.45) is 4.04. The van der Waals surface area contributed by atoms with Crippen LogP contribution in [0.25, 0.3) is 11.3 Å². The van der Waals surface area contributed by atoms with E-state index in [9.17, 15) is 8.42 Å². The Morgan fingerprint density at radius 2 is 1.88 bits per heavy atom. The minimum Gasteiger partial charge on any atom is -0.264 e. The van der Waals surface area contributed by atoms with Gasteiger partial charge in [0, 0.05) is 36.3 Å². The van der Waals surface area contributed by atoms with Gasteiger partial charge in [0.15, 0.2) is 0 Å². The van der Waals surface area contributed by atoms with Gasteiger partial charge >= 0.3 is 0 Å². The number of rotatable bonds is 6. The average molecular weight is 388 g/mol. The van der Waals surface area contributed by atoms with E-state index in [0.29, 0.717) is 17.9 Å². The van der Waals surface area contributed by atoms with E-state index in [1.165, 1.54) is 11.3 Å². The standard InChI is InChI=1S/C19H21N3O2S2/c1-13-9-14(2)19(15(3)10-13)26(23,24)21-8-6-18-22-17(12-25-18)16-5-4-7-20-11-16/h4-5,7,9-12,21H,6,8H2,1-3H3. The summed E-state index contributed by atoms with van der Waals surface area (Å²) in [7, 11) is -3.54. The fourth-order valence-corrected chi connectivity index (χ4v) is 5.32. The Labute approximate surface area is 158 Å². The van der Waals surface area contributed by atoms with Crippen molar-refractivity contribution in [2.45, 2.75) is 32.1 Å². The molecule has 3 aromatic rings. The summed E-state index contributed by atoms with van der Waals surface area (Å²) in [5.74, 6) is 0. The van der Waals surface area contributed by atoms with Crippen molar-refractivity contribution in [2.75, 3.05) is 6.54 Å². The zero-order valence-corrected chi connectivity index (χ0v) is 16.6. The lowest BCUT2D eigenvalue weighted by Crippen LogP contribution is -2.27. The molecule has 3 rings (SSSR count). The first-order valence-electron chi connectivity index (χ1n) is 8.29. The molecule has 26 heavy (non-hydrogen) atoms. The lowest BCUT2D eigenvalue weighted by atomic mass is 10.1. The van der Waals surface area contributed by atoms with Crippen LogP contribution in [-0.4, -0.2) is 24.9 Å². The minimum atomic E-state index is -3.54. The third-order valence-electron chi connectivity index (χ3n) is 4.01. The molecular weight excluding hydrogens is 366 g/mol. The molecule has 0 fully saturated rings. The van der Waals surface area contributed by atoms with Gasteiger partial charge in [-0.2, -0.15) is 0 Å². The van der Waals surface area contributed by atoms with Gasteiger partial charge in [0.25, 0.3) is 0 Å². The highest BCUT2D eigenvalue weighted by atomic mass is 32.2. The highest BCUT2D eigenvalue weighted by Gasteiger charge is 2.19. The number of aromatic nitrogens is 2. The van der Waals surface area contributed by atoms with E-state index in [2.05, 4.69) is 14.7 Å². The molecule has 2 heterocycles. The van der Waals surface area contributed by atoms with Gasteiger partial charge in [0.2, 0.25) is 10.0 Å². The van der Waals surface area contributed by atoms with Crippen LogP contribution in [0.1, 0.15) is 21.7 Å². The first kappa shape index (κ1) is 18.7. The van der Waals surface area contributed by atoms with Crippen molar-refractivity contribution in [1.82, 2.24) is 14.7 Å². The Morgan fingerprint density at radius 3 is 2.54 bits per heavy atom. The van der Waals surface area contributed by atoms with E-state index < -0.39 is 10.0 Å². The second-order valence-corrected chi connectivity index (χ2v) is 8.89. The number of benzene rings is 1. The Kier molecular flexibility index (Phi) is 5.50. The largest absolute Gasteiger partial charge is 0.264 e. The maximum Gasteiger partial charge on any atom is 0.241 e. The number of pyridine rings is 1. The number of hydrogen-bond donors (Lipinski definition) is 1. The highest BCUT2D eigenvalue weighted by Crippen LogP contribution is 2.23. The SMILES string of the molecule is Cc1cc(C)c(S(=O)(=O)NCCc2nc(-c3cccnc3)cs2)c(C)c1. The lowest BCUT2D eigenvalue weighted by Gasteiger charge is -2.12. The maximum atomic E-state index is 12.7. The Balaban J connectivity index is 1.68. The summed E-state index contributed by atoms with van der Waals surface area (Å²) in [5, 5.41) is 2.86. The van der Waals surface area contributed by atoms with E-state index in [-0.39, 0.29) is 0 Å². The first-order chi connectivity index (χ1) is 12.4. The normalized spacial score (nSPS) is 11.7. The summed E-state index contributed by atoms with van der Waals surface area (Å²) in [6.45, 7) is 5.94. The Morgan fingerprint density at radius 1 is 1.15 bits per heavy atom. The van der Waals surface area contributed by atoms with Gasteiger partial charge in [-0.15, -0.1) is 11.3 Å². The van der Waals surface area contributed by atoms with E-state index in [4.69, 9.17) is 0 Å². The molecular formula is C19H21N3O2S2. The maximum absolute atomic E-state index is 12.7. The number of nitrogens with one attached hydrogen (secondary N) is 1. The molecule has 0 aliphatic carbocycles. The van der Waals surface area contributed by atoms with Crippen molar-refractivity contribution in [1.29, 1.82) is 0 Å². The highest BCUT2D eigenvalue weighted by molar-refractivity contribution is 7.89. The lowest BCUT2D eigenvalue weighted by molar-refractivity contribution is 0.580. The molecule has 1 aromatic carbocycles. The van der Waals surface area contributed by atoms with Crippen LogP contribution in [0.2, 0.25) is 0 Å². The van der Waals surface area contributed by atoms with Gasteiger partial charge < -0.3 is 0 Å². The van der Waals surface area contributed by atoms with Crippen LogP contribution in [0.3, 0.4) is 0 Å². The van der Waals surface area contributed by atoms with E-state index >= 15 is 0 Å². The Hall–Kier alpha value is -2.09. The molecule has 0 saturated carbocycles. The van der Waals surface area contributed by atoms with Crippen LogP contribution >= 0.6 is 11.3 Å². The molecule has 0 unspecified atom stereocenters. The molecule has 0 atom stereocenters. The fraction of sp³-hybridized carbons (Fsp3) is 0.263. The van der Waals surface area contributed by atoms with Crippen LogP contribution < -0.4 is 4.72 Å². The summed E-state index contributed by atoms with van der Waals surface area (Å²) in [6, 6.07) is 7.61. The number of nitrogens with zero attached hydrogens (tertiary/aromatic N) is 2. The molecule has 0 bridgehead atoms. The molecule has 5 nitrogen and oxygen atoms in total. The number of hydrogen-bond acceptors (Lipinski definition) is 5. The van der Waals surface area contributed by atoms with Crippen LogP contribution in [0.15, 0.2) is 46.9 Å². The van der Waals surface area contributed by atoms with Crippen molar-refractivity contribution >= 4 is 21.4 Å². The average Bonchev–Trinajstić information content (AvgIpc) is 3.03. The van der Waals surface area contributed by atoms with Gasteiger partial charge in [-0.1, -0.05) is 17.7 Å². The van der Waals surface area contributed by atoms with Crippen LogP contribution in [-0.2, 0) is 16.4 Å². The van der Waals surface area contributed by atoms with Crippen molar-refractivity contribution in [2.24, 2.45) is 0 Å². The Bertz CT molecular complexity index is 989. The first-order valence-corrected chi connectivity index (χ1v) is 10.7. The monoisotopic (exact) mass is 387 g/mol. The van der Waals surface area contributed by atoms with E-state index in [0.717, 1.165) is 33.0 Å². The molecule has 136 valence electrons. The predicted octanol–water partition coefficient (Wildman–Crippen LogP) is 3.65. The van der Waals surface area contributed by atoms with E-state index in [1.807, 2.05) is 50.4 Å². The van der Waals surface area contributed by atoms with Gasteiger partial charge in [-0.25, -0.2) is 18.1 Å². The van der Waals surface area contributed by atoms with Crippen LogP contribution in [0.4, 0.5) is 0 Å². The third kappa shape index (κ3) is 4.17. The van der Waals surface area contributed by atoms with Crippen molar-refractivity contribution < 1.29 is 8.42 Å². The molecule has 7 heteroatoms. The van der Waals surface area contributed by atoms with Crippen molar-refractivity contribution in [3.63, 3.8) is 0 Å². The molecule has 0 aliphatic rings. The number of sulfonamides is 1. The molecule has 0 spiro atoms. The van der Waals surface area contributed by atoms with Crippen molar-refractivity contribution in [3.8, 4) is 11.3 Å². The summed E-state index contributed by atoms with van der Waals surface area (Å²) in [4.78, 5) is 9.03. The van der Waals surface area contributed by atoms with E-state index in [1.54, 1.807) is 12.4 Å². The second kappa shape index (κ2) is 7.65.